The van der Waals surface area contributed by atoms with Gasteiger partial charge in [-0.1, -0.05) is 13.0 Å². The average molecular weight is 116 g/mol. The zero-order chi connectivity index (χ0) is 6.78. The summed E-state index contributed by atoms with van der Waals surface area (Å²) in [5.41, 5.74) is -1.11. The van der Waals surface area contributed by atoms with Crippen molar-refractivity contribution in [2.45, 2.75) is 26.4 Å². The molecule has 0 spiro atoms. The van der Waals surface area contributed by atoms with Gasteiger partial charge in [-0.15, -0.1) is 6.58 Å². The van der Waals surface area contributed by atoms with Crippen molar-refractivity contribution in [1.82, 2.24) is 0 Å². The van der Waals surface area contributed by atoms with Gasteiger partial charge < -0.3 is 0 Å². The van der Waals surface area contributed by atoms with Crippen LogP contribution in [0.2, 0.25) is 0 Å². The molecule has 0 bridgehead atoms. The van der Waals surface area contributed by atoms with Crippen LogP contribution in [0.25, 0.3) is 0 Å². The zero-order valence-electron chi connectivity index (χ0n) is 5.74. The van der Waals surface area contributed by atoms with E-state index < -0.39 is 5.67 Å². The molecule has 0 amide bonds. The lowest BCUT2D eigenvalue weighted by atomic mass is 9.95. The van der Waals surface area contributed by atoms with Crippen molar-refractivity contribution >= 4 is 0 Å². The number of hydrogen-bond donors (Lipinski definition) is 0. The summed E-state index contributed by atoms with van der Waals surface area (Å²) in [5.74, 6) is -0.0532. The van der Waals surface area contributed by atoms with Gasteiger partial charge in [-0.3, -0.25) is 0 Å². The predicted molar refractivity (Wildman–Crippen MR) is 34.5 cm³/mol. The van der Waals surface area contributed by atoms with E-state index in [-0.39, 0.29) is 5.92 Å². The summed E-state index contributed by atoms with van der Waals surface area (Å²) < 4.78 is 12.7. The smallest absolute Gasteiger partial charge is 0.111 e. The van der Waals surface area contributed by atoms with E-state index in [1.54, 1.807) is 19.9 Å². The Kier molecular flexibility index (Phi) is 2.20. The van der Waals surface area contributed by atoms with Gasteiger partial charge in [0.05, 0.1) is 0 Å². The maximum Gasteiger partial charge on any atom is 0.111 e. The van der Waals surface area contributed by atoms with Gasteiger partial charge in [0, 0.05) is 5.92 Å². The van der Waals surface area contributed by atoms with Crippen LogP contribution in [0.1, 0.15) is 20.8 Å². The molecule has 0 aromatic heterocycles. The lowest BCUT2D eigenvalue weighted by Crippen LogP contribution is -2.20. The zero-order valence-corrected chi connectivity index (χ0v) is 5.74. The quantitative estimate of drug-likeness (QED) is 0.486. The van der Waals surface area contributed by atoms with Crippen LogP contribution in [0.3, 0.4) is 0 Å². The maximum absolute atomic E-state index is 12.7. The lowest BCUT2D eigenvalue weighted by Gasteiger charge is -2.18. The molecule has 0 aliphatic rings. The van der Waals surface area contributed by atoms with Crippen molar-refractivity contribution in [2.75, 3.05) is 0 Å². The molecule has 0 aromatic rings. The molecule has 0 rings (SSSR count). The highest BCUT2D eigenvalue weighted by atomic mass is 19.1. The van der Waals surface area contributed by atoms with Crippen molar-refractivity contribution in [1.29, 1.82) is 0 Å². The molecule has 0 N–H and O–H groups in total. The van der Waals surface area contributed by atoms with Crippen LogP contribution in [-0.4, -0.2) is 5.67 Å². The van der Waals surface area contributed by atoms with Gasteiger partial charge in [0.15, 0.2) is 0 Å². The maximum atomic E-state index is 12.7. The van der Waals surface area contributed by atoms with Crippen LogP contribution in [0.15, 0.2) is 12.7 Å². The number of hydrogen-bond acceptors (Lipinski definition) is 0. The molecular formula is C7H13F. The summed E-state index contributed by atoms with van der Waals surface area (Å²) in [7, 11) is 0. The molecule has 0 saturated heterocycles. The van der Waals surface area contributed by atoms with Crippen molar-refractivity contribution in [3.05, 3.63) is 12.7 Å². The first-order chi connectivity index (χ1) is 3.48. The van der Waals surface area contributed by atoms with Gasteiger partial charge >= 0.3 is 0 Å². The SMILES string of the molecule is C=C[C@H](C)C(C)(C)F. The first-order valence-corrected chi connectivity index (χ1v) is 2.80. The molecular weight excluding hydrogens is 103 g/mol. The molecule has 0 aliphatic carbocycles. The Hall–Kier alpha value is -0.330. The van der Waals surface area contributed by atoms with Crippen molar-refractivity contribution < 1.29 is 4.39 Å². The minimum absolute atomic E-state index is 0.0532. The van der Waals surface area contributed by atoms with Crippen molar-refractivity contribution in [2.24, 2.45) is 5.92 Å². The fourth-order valence-electron chi connectivity index (χ4n) is 0.280. The van der Waals surface area contributed by atoms with E-state index in [0.717, 1.165) is 0 Å². The monoisotopic (exact) mass is 116 g/mol. The first-order valence-electron chi connectivity index (χ1n) is 2.80. The molecule has 48 valence electrons. The topological polar surface area (TPSA) is 0 Å². The van der Waals surface area contributed by atoms with Crippen LogP contribution in [0.5, 0.6) is 0 Å². The number of alkyl halides is 1. The first kappa shape index (κ1) is 7.67. The minimum Gasteiger partial charge on any atom is -0.244 e. The molecule has 0 saturated carbocycles. The lowest BCUT2D eigenvalue weighted by molar-refractivity contribution is 0.165. The van der Waals surface area contributed by atoms with E-state index in [4.69, 9.17) is 0 Å². The van der Waals surface area contributed by atoms with Crippen LogP contribution in [0, 0.1) is 5.92 Å². The normalized spacial score (nSPS) is 15.5. The molecule has 1 heteroatoms. The van der Waals surface area contributed by atoms with Gasteiger partial charge in [-0.05, 0) is 13.8 Å². The van der Waals surface area contributed by atoms with E-state index in [1.165, 1.54) is 0 Å². The third-order valence-corrected chi connectivity index (χ3v) is 1.44. The minimum atomic E-state index is -1.11. The van der Waals surface area contributed by atoms with E-state index in [1.807, 2.05) is 6.92 Å². The molecule has 0 unspecified atom stereocenters. The van der Waals surface area contributed by atoms with Crippen LogP contribution in [0.4, 0.5) is 4.39 Å². The molecule has 0 nitrogen and oxygen atoms in total. The Morgan fingerprint density at radius 3 is 2.00 bits per heavy atom. The average Bonchev–Trinajstić information content (AvgIpc) is 1.62. The highest BCUT2D eigenvalue weighted by Crippen LogP contribution is 2.20. The Balaban J connectivity index is 3.80. The summed E-state index contributed by atoms with van der Waals surface area (Å²) >= 11 is 0. The Morgan fingerprint density at radius 2 is 2.00 bits per heavy atom. The summed E-state index contributed by atoms with van der Waals surface area (Å²) in [6.45, 7) is 8.41. The Morgan fingerprint density at radius 1 is 1.62 bits per heavy atom. The Bertz CT molecular complexity index is 78.9. The highest BCUT2D eigenvalue weighted by Gasteiger charge is 2.21. The third kappa shape index (κ3) is 2.10. The second-order valence-corrected chi connectivity index (χ2v) is 2.59. The van der Waals surface area contributed by atoms with Gasteiger partial charge in [-0.25, -0.2) is 4.39 Å². The van der Waals surface area contributed by atoms with Gasteiger partial charge in [0.25, 0.3) is 0 Å². The summed E-state index contributed by atoms with van der Waals surface area (Å²) in [6, 6.07) is 0. The van der Waals surface area contributed by atoms with Crippen LogP contribution < -0.4 is 0 Å². The Labute approximate surface area is 50.4 Å². The third-order valence-electron chi connectivity index (χ3n) is 1.44. The predicted octanol–water partition coefficient (Wildman–Crippen LogP) is 2.56. The highest BCUT2D eigenvalue weighted by molar-refractivity contribution is 4.87. The molecule has 8 heavy (non-hydrogen) atoms. The summed E-state index contributed by atoms with van der Waals surface area (Å²) in [4.78, 5) is 0. The van der Waals surface area contributed by atoms with Gasteiger partial charge in [-0.2, -0.15) is 0 Å². The largest absolute Gasteiger partial charge is 0.244 e. The van der Waals surface area contributed by atoms with Crippen molar-refractivity contribution in [3.8, 4) is 0 Å². The fraction of sp³-hybridized carbons (Fsp3) is 0.714. The molecule has 0 heterocycles. The summed E-state index contributed by atoms with van der Waals surface area (Å²) in [5, 5.41) is 0. The van der Waals surface area contributed by atoms with Crippen LogP contribution >= 0.6 is 0 Å². The number of allylic oxidation sites excluding steroid dienone is 1. The van der Waals surface area contributed by atoms with Gasteiger partial charge in [0.2, 0.25) is 0 Å². The summed E-state index contributed by atoms with van der Waals surface area (Å²) in [6.07, 6.45) is 1.62. The van der Waals surface area contributed by atoms with E-state index in [9.17, 15) is 4.39 Å². The molecule has 0 radical (unpaired) electrons. The number of halogens is 1. The van der Waals surface area contributed by atoms with Crippen molar-refractivity contribution in [3.63, 3.8) is 0 Å². The van der Waals surface area contributed by atoms with E-state index in [2.05, 4.69) is 6.58 Å². The van der Waals surface area contributed by atoms with Crippen LogP contribution in [-0.2, 0) is 0 Å². The standard InChI is InChI=1S/C7H13F/c1-5-6(2)7(3,4)8/h5-6H,1H2,2-4H3/t6-/m0/s1. The van der Waals surface area contributed by atoms with E-state index in [0.29, 0.717) is 0 Å². The van der Waals surface area contributed by atoms with Gasteiger partial charge in [0.1, 0.15) is 5.67 Å². The molecule has 1 atom stereocenters. The molecule has 0 aromatic carbocycles. The second kappa shape index (κ2) is 2.29. The van der Waals surface area contributed by atoms with E-state index >= 15 is 0 Å². The fourth-order valence-corrected chi connectivity index (χ4v) is 0.280. The molecule has 0 aliphatic heterocycles. The second-order valence-electron chi connectivity index (χ2n) is 2.59. The number of rotatable bonds is 2. The molecule has 0 fully saturated rings.